The summed E-state index contributed by atoms with van der Waals surface area (Å²) >= 11 is 12.1. The molecule has 35 heavy (non-hydrogen) atoms. The summed E-state index contributed by atoms with van der Waals surface area (Å²) in [6.07, 6.45) is 1.52. The van der Waals surface area contributed by atoms with Crippen LogP contribution in [0.15, 0.2) is 60.8 Å². The zero-order chi connectivity index (χ0) is 25.8. The fourth-order valence-corrected chi connectivity index (χ4v) is 3.68. The molecule has 182 valence electrons. The second-order valence-corrected chi connectivity index (χ2v) is 9.61. The highest BCUT2D eigenvalue weighted by Crippen LogP contribution is 2.30. The van der Waals surface area contributed by atoms with Gasteiger partial charge in [0.05, 0.1) is 15.7 Å². The Morgan fingerprint density at radius 1 is 0.886 bits per heavy atom. The van der Waals surface area contributed by atoms with Gasteiger partial charge in [0, 0.05) is 17.4 Å². The smallest absolute Gasteiger partial charge is 0.326 e. The molecule has 0 bridgehead atoms. The lowest BCUT2D eigenvalue weighted by atomic mass is 9.86. The van der Waals surface area contributed by atoms with Crippen LogP contribution in [0.3, 0.4) is 0 Å². The fourth-order valence-electron chi connectivity index (χ4n) is 3.19. The minimum absolute atomic E-state index is 0.109. The maximum absolute atomic E-state index is 12.5. The molecule has 0 saturated carbocycles. The molecule has 10 heteroatoms. The van der Waals surface area contributed by atoms with Crippen LogP contribution in [0.1, 0.15) is 31.3 Å². The number of amides is 3. The van der Waals surface area contributed by atoms with Crippen LogP contribution >= 0.6 is 23.2 Å². The van der Waals surface area contributed by atoms with Crippen LogP contribution in [0.2, 0.25) is 10.0 Å². The topological polar surface area (TPSA) is 120 Å². The van der Waals surface area contributed by atoms with E-state index in [1.165, 1.54) is 12.3 Å². The molecule has 0 unspecified atom stereocenters. The first kappa shape index (κ1) is 26.0. The number of halogens is 2. The Morgan fingerprint density at radius 2 is 1.49 bits per heavy atom. The van der Waals surface area contributed by atoms with Crippen LogP contribution in [-0.2, 0) is 4.79 Å². The Labute approximate surface area is 212 Å². The van der Waals surface area contributed by atoms with Gasteiger partial charge in [0.1, 0.15) is 11.7 Å². The third-order valence-electron chi connectivity index (χ3n) is 5.06. The van der Waals surface area contributed by atoms with Gasteiger partial charge in [-0.3, -0.25) is 9.78 Å². The van der Waals surface area contributed by atoms with Gasteiger partial charge in [-0.05, 0) is 41.3 Å². The largest absolute Gasteiger partial charge is 0.480 e. The highest BCUT2D eigenvalue weighted by Gasteiger charge is 2.33. The van der Waals surface area contributed by atoms with Crippen molar-refractivity contribution in [2.75, 3.05) is 10.6 Å². The minimum atomic E-state index is -1.11. The molecule has 8 nitrogen and oxygen atoms in total. The average Bonchev–Trinajstić information content (AvgIpc) is 2.79. The van der Waals surface area contributed by atoms with Crippen molar-refractivity contribution in [2.45, 2.75) is 26.8 Å². The third-order valence-corrected chi connectivity index (χ3v) is 5.69. The summed E-state index contributed by atoms with van der Waals surface area (Å²) in [5.41, 5.74) is 1.86. The van der Waals surface area contributed by atoms with Gasteiger partial charge in [-0.1, -0.05) is 68.2 Å². The summed E-state index contributed by atoms with van der Waals surface area (Å²) in [6.45, 7) is 5.20. The molecule has 2 aromatic carbocycles. The van der Waals surface area contributed by atoms with Crippen LogP contribution < -0.4 is 16.0 Å². The number of hydrogen-bond acceptors (Lipinski definition) is 4. The molecule has 0 aliphatic carbocycles. The van der Waals surface area contributed by atoms with E-state index in [0.29, 0.717) is 21.4 Å². The molecule has 1 atom stereocenters. The summed E-state index contributed by atoms with van der Waals surface area (Å²) in [7, 11) is 0. The molecular formula is C25H24Cl2N4O4. The molecule has 0 aliphatic heterocycles. The number of hydrogen-bond donors (Lipinski definition) is 4. The quantitative estimate of drug-likeness (QED) is 0.324. The van der Waals surface area contributed by atoms with E-state index in [1.807, 2.05) is 0 Å². The number of pyridine rings is 1. The minimum Gasteiger partial charge on any atom is -0.480 e. The number of anilines is 2. The van der Waals surface area contributed by atoms with Crippen LogP contribution in [0.5, 0.6) is 0 Å². The Morgan fingerprint density at radius 3 is 2.00 bits per heavy atom. The standard InChI is InChI=1S/C25H24Cl2N4O4/c1-25(2,3)21(23(33)34)31-22(32)19-12-9-15(13-28-19)14-7-10-16(11-8-14)29-24(35)30-20-17(26)5-4-6-18(20)27/h4-13,21H,1-3H3,(H,31,32)(H,33,34)(H2,29,30,35)/t21-/m1/s1. The Bertz CT molecular complexity index is 1220. The number of para-hydroxylation sites is 1. The van der Waals surface area contributed by atoms with E-state index in [1.54, 1.807) is 69.3 Å². The third kappa shape index (κ3) is 6.71. The van der Waals surface area contributed by atoms with Gasteiger partial charge in [-0.15, -0.1) is 0 Å². The number of carboxylic acids is 1. The molecule has 0 spiro atoms. The maximum Gasteiger partial charge on any atom is 0.326 e. The first-order valence-electron chi connectivity index (χ1n) is 10.6. The second-order valence-electron chi connectivity index (χ2n) is 8.80. The van der Waals surface area contributed by atoms with Gasteiger partial charge in [0.2, 0.25) is 0 Å². The lowest BCUT2D eigenvalue weighted by Gasteiger charge is -2.27. The van der Waals surface area contributed by atoms with Crippen molar-refractivity contribution in [3.8, 4) is 11.1 Å². The van der Waals surface area contributed by atoms with Crippen molar-refractivity contribution in [2.24, 2.45) is 5.41 Å². The molecule has 0 radical (unpaired) electrons. The fraction of sp³-hybridized carbons (Fsp3) is 0.200. The zero-order valence-electron chi connectivity index (χ0n) is 19.2. The maximum atomic E-state index is 12.5. The van der Waals surface area contributed by atoms with Gasteiger partial charge in [-0.2, -0.15) is 0 Å². The van der Waals surface area contributed by atoms with Gasteiger partial charge in [-0.25, -0.2) is 9.59 Å². The lowest BCUT2D eigenvalue weighted by molar-refractivity contribution is -0.142. The van der Waals surface area contributed by atoms with E-state index >= 15 is 0 Å². The summed E-state index contributed by atoms with van der Waals surface area (Å²) in [4.78, 5) is 40.4. The van der Waals surface area contributed by atoms with E-state index in [9.17, 15) is 19.5 Å². The first-order chi connectivity index (χ1) is 16.5. The Kier molecular flexibility index (Phi) is 7.99. The lowest BCUT2D eigenvalue weighted by Crippen LogP contribution is -2.49. The molecule has 4 N–H and O–H groups in total. The normalized spacial score (nSPS) is 11.9. The summed E-state index contributed by atoms with van der Waals surface area (Å²) in [5, 5.41) is 17.9. The van der Waals surface area contributed by atoms with Crippen LogP contribution in [0.25, 0.3) is 11.1 Å². The SMILES string of the molecule is CC(C)(C)[C@H](NC(=O)c1ccc(-c2ccc(NC(=O)Nc3c(Cl)cccc3Cl)cc2)cn1)C(=O)O. The predicted molar refractivity (Wildman–Crippen MR) is 137 cm³/mol. The van der Waals surface area contributed by atoms with Crippen LogP contribution in [-0.4, -0.2) is 34.0 Å². The summed E-state index contributed by atoms with van der Waals surface area (Å²) in [5.74, 6) is -1.68. The predicted octanol–water partition coefficient (Wildman–Crippen LogP) is 5.93. The van der Waals surface area contributed by atoms with Gasteiger partial charge < -0.3 is 21.1 Å². The monoisotopic (exact) mass is 514 g/mol. The number of carbonyl (C=O) groups excluding carboxylic acids is 2. The van der Waals surface area contributed by atoms with Gasteiger partial charge in [0.15, 0.2) is 0 Å². The Balaban J connectivity index is 1.65. The van der Waals surface area contributed by atoms with Crippen molar-refractivity contribution in [1.29, 1.82) is 0 Å². The number of rotatable bonds is 6. The van der Waals surface area contributed by atoms with E-state index in [4.69, 9.17) is 23.2 Å². The van der Waals surface area contributed by atoms with Crippen molar-refractivity contribution in [3.63, 3.8) is 0 Å². The van der Waals surface area contributed by atoms with Crippen molar-refractivity contribution >= 4 is 52.5 Å². The number of carbonyl (C=O) groups is 3. The van der Waals surface area contributed by atoms with Crippen molar-refractivity contribution in [1.82, 2.24) is 10.3 Å². The van der Waals surface area contributed by atoms with Crippen molar-refractivity contribution in [3.05, 3.63) is 76.5 Å². The van der Waals surface area contributed by atoms with Crippen molar-refractivity contribution < 1.29 is 19.5 Å². The highest BCUT2D eigenvalue weighted by atomic mass is 35.5. The number of carboxylic acid groups (broad SMARTS) is 1. The average molecular weight is 515 g/mol. The number of benzene rings is 2. The molecule has 0 fully saturated rings. The summed E-state index contributed by atoms with van der Waals surface area (Å²) in [6, 6.07) is 13.6. The van der Waals surface area contributed by atoms with Crippen LogP contribution in [0, 0.1) is 5.41 Å². The number of aromatic nitrogens is 1. The van der Waals surface area contributed by atoms with E-state index in [2.05, 4.69) is 20.9 Å². The van der Waals surface area contributed by atoms with Crippen LogP contribution in [0.4, 0.5) is 16.2 Å². The Hall–Kier alpha value is -3.62. The molecule has 0 saturated heterocycles. The summed E-state index contributed by atoms with van der Waals surface area (Å²) < 4.78 is 0. The molecule has 3 rings (SSSR count). The van der Waals surface area contributed by atoms with Gasteiger partial charge in [0.25, 0.3) is 5.91 Å². The number of urea groups is 1. The molecule has 3 amide bonds. The first-order valence-corrected chi connectivity index (χ1v) is 11.3. The van der Waals surface area contributed by atoms with Gasteiger partial charge >= 0.3 is 12.0 Å². The number of nitrogens with zero attached hydrogens (tertiary/aromatic N) is 1. The van der Waals surface area contributed by atoms with E-state index in [0.717, 1.165) is 11.1 Å². The highest BCUT2D eigenvalue weighted by molar-refractivity contribution is 6.39. The number of nitrogens with one attached hydrogen (secondary N) is 3. The molecule has 0 aliphatic rings. The molecule has 3 aromatic rings. The van der Waals surface area contributed by atoms with E-state index < -0.39 is 29.4 Å². The second kappa shape index (κ2) is 10.8. The molecular weight excluding hydrogens is 491 g/mol. The zero-order valence-corrected chi connectivity index (χ0v) is 20.7. The number of aliphatic carboxylic acids is 1. The van der Waals surface area contributed by atoms with E-state index in [-0.39, 0.29) is 5.69 Å². The molecule has 1 heterocycles. The molecule has 1 aromatic heterocycles.